The van der Waals surface area contributed by atoms with Gasteiger partial charge < -0.3 is 0 Å². The van der Waals surface area contributed by atoms with Crippen LogP contribution in [-0.2, 0) is 0 Å². The zero-order chi connectivity index (χ0) is 19.4. The lowest BCUT2D eigenvalue weighted by Gasteiger charge is -2.11. The third-order valence-corrected chi connectivity index (χ3v) is 5.97. The van der Waals surface area contributed by atoms with Gasteiger partial charge in [-0.15, -0.1) is 0 Å². The molecule has 0 aliphatic heterocycles. The Morgan fingerprint density at radius 3 is 1.62 bits per heavy atom. The lowest BCUT2D eigenvalue weighted by molar-refractivity contribution is 0.662. The molecule has 0 saturated carbocycles. The summed E-state index contributed by atoms with van der Waals surface area (Å²) in [6.07, 6.45) is 0. The zero-order valence-electron chi connectivity index (χ0n) is 15.5. The first-order valence-electron chi connectivity index (χ1n) is 9.65. The molecule has 0 spiro atoms. The van der Waals surface area contributed by atoms with Crippen LogP contribution in [0.2, 0.25) is 5.02 Å². The number of hydrogen-bond donors (Lipinski definition) is 0. The van der Waals surface area contributed by atoms with Gasteiger partial charge in [0.1, 0.15) is 0 Å². The Kier molecular flexibility index (Phi) is 3.59. The van der Waals surface area contributed by atoms with E-state index >= 15 is 0 Å². The van der Waals surface area contributed by atoms with E-state index in [1.54, 1.807) is 0 Å². The molecule has 0 amide bonds. The molecule has 1 heterocycles. The second-order valence-corrected chi connectivity index (χ2v) is 7.68. The van der Waals surface area contributed by atoms with Crippen LogP contribution in [0.5, 0.6) is 0 Å². The Labute approximate surface area is 172 Å². The maximum atomic E-state index is 6.73. The highest BCUT2D eigenvalue weighted by atomic mass is 35.5. The molecule has 136 valence electrons. The number of hydrogen-bond acceptors (Lipinski definition) is 0. The first-order valence-corrected chi connectivity index (χ1v) is 10.0. The summed E-state index contributed by atoms with van der Waals surface area (Å²) in [7, 11) is 0. The molecule has 6 aromatic rings. The van der Waals surface area contributed by atoms with Crippen LogP contribution in [0.15, 0.2) is 101 Å². The van der Waals surface area contributed by atoms with E-state index in [2.05, 4.69) is 78.9 Å². The first kappa shape index (κ1) is 16.5. The van der Waals surface area contributed by atoms with Crippen molar-refractivity contribution in [2.75, 3.05) is 0 Å². The smallest absolute Gasteiger partial charge is 0.207 e. The average Bonchev–Trinajstić information content (AvgIpc) is 2.78. The molecule has 1 nitrogen and oxygen atoms in total. The Balaban J connectivity index is 1.98. The number of rotatable bonds is 1. The Morgan fingerprint density at radius 1 is 0.517 bits per heavy atom. The van der Waals surface area contributed by atoms with Crippen LogP contribution in [0.4, 0.5) is 0 Å². The van der Waals surface area contributed by atoms with Crippen LogP contribution < -0.4 is 0 Å². The highest BCUT2D eigenvalue weighted by molar-refractivity contribution is 6.35. The van der Waals surface area contributed by atoms with Gasteiger partial charge >= 0.3 is 11.2 Å². The minimum absolute atomic E-state index is 0.738. The van der Waals surface area contributed by atoms with Crippen molar-refractivity contribution in [3.8, 4) is 11.1 Å². The second-order valence-electron chi connectivity index (χ2n) is 7.28. The van der Waals surface area contributed by atoms with Crippen molar-refractivity contribution in [2.24, 2.45) is 0 Å². The summed E-state index contributed by atoms with van der Waals surface area (Å²) >= 11 is 6.73. The van der Waals surface area contributed by atoms with Crippen molar-refractivity contribution in [1.82, 2.24) is 0 Å². The fourth-order valence-electron chi connectivity index (χ4n) is 4.37. The SMILES string of the molecule is Clc1ccccc1-c1c2c(ccc3ccccc32)[o+]c2ccc3ccccc3c12. The van der Waals surface area contributed by atoms with Crippen molar-refractivity contribution >= 4 is 55.1 Å². The summed E-state index contributed by atoms with van der Waals surface area (Å²) in [4.78, 5) is 0. The minimum Gasteiger partial charge on any atom is -0.207 e. The Morgan fingerprint density at radius 2 is 1.03 bits per heavy atom. The van der Waals surface area contributed by atoms with Gasteiger partial charge in [0.25, 0.3) is 0 Å². The Bertz CT molecular complexity index is 1470. The highest BCUT2D eigenvalue weighted by Crippen LogP contribution is 2.44. The zero-order valence-corrected chi connectivity index (χ0v) is 16.3. The number of halogens is 1. The van der Waals surface area contributed by atoms with Crippen LogP contribution >= 0.6 is 11.6 Å². The third-order valence-electron chi connectivity index (χ3n) is 5.64. The average molecular weight is 392 g/mol. The van der Waals surface area contributed by atoms with Crippen LogP contribution in [0, 0.1) is 0 Å². The predicted octanol–water partition coefficient (Wildman–Crippen LogP) is 8.49. The molecule has 0 radical (unpaired) electrons. The van der Waals surface area contributed by atoms with Crippen molar-refractivity contribution in [3.63, 3.8) is 0 Å². The standard InChI is InChI=1S/C27H16ClO/c28-22-12-6-5-11-21(22)27-25-19-9-3-1-7-17(19)13-15-23(25)29-24-16-14-18-8-2-4-10-20(18)26(24)27/h1-16H/q+1. The van der Waals surface area contributed by atoms with Crippen molar-refractivity contribution < 1.29 is 4.42 Å². The van der Waals surface area contributed by atoms with E-state index in [0.717, 1.165) is 38.1 Å². The van der Waals surface area contributed by atoms with Crippen LogP contribution in [0.1, 0.15) is 0 Å². The van der Waals surface area contributed by atoms with Gasteiger partial charge in [0.15, 0.2) is 0 Å². The lowest BCUT2D eigenvalue weighted by Crippen LogP contribution is -1.89. The molecule has 0 fully saturated rings. The fraction of sp³-hybridized carbons (Fsp3) is 0. The van der Waals surface area contributed by atoms with E-state index in [0.29, 0.717) is 0 Å². The quantitative estimate of drug-likeness (QED) is 0.155. The van der Waals surface area contributed by atoms with E-state index in [1.165, 1.54) is 21.5 Å². The van der Waals surface area contributed by atoms with Crippen molar-refractivity contribution in [3.05, 3.63) is 102 Å². The van der Waals surface area contributed by atoms with Crippen LogP contribution in [-0.4, -0.2) is 0 Å². The van der Waals surface area contributed by atoms with E-state index in [-0.39, 0.29) is 0 Å². The van der Waals surface area contributed by atoms with Gasteiger partial charge in [0, 0.05) is 28.3 Å². The highest BCUT2D eigenvalue weighted by Gasteiger charge is 2.24. The molecule has 0 N–H and O–H groups in total. The molecular formula is C27H16ClO+. The number of benzene rings is 5. The van der Waals surface area contributed by atoms with E-state index in [1.807, 2.05) is 18.2 Å². The molecule has 0 saturated heterocycles. The molecule has 0 bridgehead atoms. The summed E-state index contributed by atoms with van der Waals surface area (Å²) in [6.45, 7) is 0. The predicted molar refractivity (Wildman–Crippen MR) is 124 cm³/mol. The first-order chi connectivity index (χ1) is 14.3. The molecule has 0 aliphatic rings. The van der Waals surface area contributed by atoms with Gasteiger partial charge in [0.2, 0.25) is 0 Å². The molecule has 29 heavy (non-hydrogen) atoms. The second kappa shape index (κ2) is 6.30. The van der Waals surface area contributed by atoms with Gasteiger partial charge in [-0.3, -0.25) is 0 Å². The maximum absolute atomic E-state index is 6.73. The molecule has 0 aliphatic carbocycles. The van der Waals surface area contributed by atoms with E-state index < -0.39 is 0 Å². The molecule has 2 heteroatoms. The molecular weight excluding hydrogens is 376 g/mol. The number of fused-ring (bicyclic) bond motifs is 6. The normalized spacial score (nSPS) is 11.6. The summed E-state index contributed by atoms with van der Waals surface area (Å²) in [5, 5.41) is 7.63. The Hall–Kier alpha value is -3.42. The molecule has 6 rings (SSSR count). The van der Waals surface area contributed by atoms with Gasteiger partial charge in [-0.2, -0.15) is 0 Å². The molecule has 5 aromatic carbocycles. The van der Waals surface area contributed by atoms with E-state index in [9.17, 15) is 0 Å². The molecule has 0 unspecified atom stereocenters. The van der Waals surface area contributed by atoms with Gasteiger partial charge in [-0.25, -0.2) is 4.42 Å². The lowest BCUT2D eigenvalue weighted by atomic mass is 9.91. The van der Waals surface area contributed by atoms with Crippen molar-refractivity contribution in [2.45, 2.75) is 0 Å². The summed E-state index contributed by atoms with van der Waals surface area (Å²) in [5.74, 6) is 0. The largest absolute Gasteiger partial charge is 0.362 e. The fourth-order valence-corrected chi connectivity index (χ4v) is 4.60. The van der Waals surface area contributed by atoms with Gasteiger partial charge in [0.05, 0.1) is 10.8 Å². The summed E-state index contributed by atoms with van der Waals surface area (Å²) < 4.78 is 6.42. The van der Waals surface area contributed by atoms with E-state index in [4.69, 9.17) is 16.0 Å². The van der Waals surface area contributed by atoms with Gasteiger partial charge in [-0.05, 0) is 39.7 Å². The monoisotopic (exact) mass is 391 g/mol. The molecule has 0 atom stereocenters. The third kappa shape index (κ3) is 2.45. The van der Waals surface area contributed by atoms with Crippen LogP contribution in [0.25, 0.3) is 54.6 Å². The van der Waals surface area contributed by atoms with Gasteiger partial charge in [-0.1, -0.05) is 78.3 Å². The topological polar surface area (TPSA) is 11.3 Å². The minimum atomic E-state index is 0.738. The maximum Gasteiger partial charge on any atom is 0.362 e. The summed E-state index contributed by atoms with van der Waals surface area (Å²) in [6, 6.07) is 33.3. The van der Waals surface area contributed by atoms with Crippen LogP contribution in [0.3, 0.4) is 0 Å². The van der Waals surface area contributed by atoms with Crippen molar-refractivity contribution in [1.29, 1.82) is 0 Å². The molecule has 1 aromatic heterocycles. The summed E-state index contributed by atoms with van der Waals surface area (Å²) in [5.41, 5.74) is 3.87.